The number of aryl methyl sites for hydroxylation is 1. The smallest absolute Gasteiger partial charge is 0.271 e. The van der Waals surface area contributed by atoms with Crippen LogP contribution in [0.5, 0.6) is 0 Å². The van der Waals surface area contributed by atoms with Crippen molar-refractivity contribution in [1.82, 2.24) is 9.78 Å². The number of hydrogen-bond acceptors (Lipinski definition) is 4. The number of nitrogens with one attached hydrogen (secondary N) is 1. The first-order valence-corrected chi connectivity index (χ1v) is 8.29. The molecule has 2 aromatic carbocycles. The fourth-order valence-corrected chi connectivity index (χ4v) is 3.25. The third kappa shape index (κ3) is 2.64. The van der Waals surface area contributed by atoms with Gasteiger partial charge < -0.3 is 5.32 Å². The van der Waals surface area contributed by atoms with E-state index in [1.54, 1.807) is 16.8 Å². The van der Waals surface area contributed by atoms with E-state index in [1.807, 2.05) is 31.2 Å². The lowest BCUT2D eigenvalue weighted by Gasteiger charge is -2.09. The number of nitro groups is 1. The van der Waals surface area contributed by atoms with Gasteiger partial charge in [0.05, 0.1) is 16.3 Å². The van der Waals surface area contributed by atoms with Crippen LogP contribution in [-0.2, 0) is 6.42 Å². The Kier molecular flexibility index (Phi) is 3.69. The molecule has 2 heterocycles. The molecule has 0 radical (unpaired) electrons. The van der Waals surface area contributed by atoms with Crippen molar-refractivity contribution in [1.29, 1.82) is 0 Å². The number of hydrogen-bond donors (Lipinski definition) is 1. The fraction of sp³-hybridized carbons (Fsp3) is 0.167. The second kappa shape index (κ2) is 5.89. The minimum absolute atomic E-state index is 0.0517. The zero-order chi connectivity index (χ0) is 17.6. The number of benzene rings is 2. The van der Waals surface area contributed by atoms with Gasteiger partial charge in [-0.3, -0.25) is 10.1 Å². The Morgan fingerprint density at radius 2 is 2.00 bits per heavy atom. The minimum Gasteiger partial charge on any atom is -0.369 e. The summed E-state index contributed by atoms with van der Waals surface area (Å²) in [5, 5.41) is 19.9. The van der Waals surface area contributed by atoms with Gasteiger partial charge in [0.15, 0.2) is 0 Å². The topological polar surface area (TPSA) is 73.0 Å². The summed E-state index contributed by atoms with van der Waals surface area (Å²) in [5.41, 5.74) is 4.66. The molecule has 3 aromatic rings. The molecule has 0 aliphatic carbocycles. The number of anilines is 1. The summed E-state index contributed by atoms with van der Waals surface area (Å²) in [5.74, 6) is 0.897. The summed E-state index contributed by atoms with van der Waals surface area (Å²) >= 11 is 5.98. The molecule has 126 valence electrons. The fourth-order valence-electron chi connectivity index (χ4n) is 3.13. The van der Waals surface area contributed by atoms with Crippen LogP contribution in [-0.4, -0.2) is 21.2 Å². The molecular weight excluding hydrogens is 340 g/mol. The van der Waals surface area contributed by atoms with Crippen molar-refractivity contribution in [2.75, 3.05) is 11.9 Å². The SMILES string of the molecule is Cc1ccc([N+](=O)[O-])cc1-n1nc(-c2ccc(Cl)cc2)c2c1NCC2. The van der Waals surface area contributed by atoms with Gasteiger partial charge in [-0.1, -0.05) is 29.8 Å². The first kappa shape index (κ1) is 15.7. The van der Waals surface area contributed by atoms with E-state index in [4.69, 9.17) is 16.7 Å². The lowest BCUT2D eigenvalue weighted by atomic mass is 10.1. The first-order valence-electron chi connectivity index (χ1n) is 7.92. The number of non-ortho nitro benzene ring substituents is 1. The Balaban J connectivity index is 1.90. The van der Waals surface area contributed by atoms with Crippen LogP contribution in [0.25, 0.3) is 16.9 Å². The van der Waals surface area contributed by atoms with Crippen molar-refractivity contribution >= 4 is 23.1 Å². The quantitative estimate of drug-likeness (QED) is 0.559. The highest BCUT2D eigenvalue weighted by atomic mass is 35.5. The van der Waals surface area contributed by atoms with Crippen LogP contribution in [0.2, 0.25) is 5.02 Å². The van der Waals surface area contributed by atoms with Crippen molar-refractivity contribution < 1.29 is 4.92 Å². The monoisotopic (exact) mass is 354 g/mol. The van der Waals surface area contributed by atoms with Crippen LogP contribution in [0, 0.1) is 17.0 Å². The van der Waals surface area contributed by atoms with Gasteiger partial charge in [-0.15, -0.1) is 0 Å². The van der Waals surface area contributed by atoms with Gasteiger partial charge in [-0.25, -0.2) is 4.68 Å². The predicted octanol–water partition coefficient (Wildman–Crippen LogP) is 4.38. The number of nitro benzene ring substituents is 1. The van der Waals surface area contributed by atoms with Gasteiger partial charge in [-0.2, -0.15) is 5.10 Å². The molecule has 0 saturated heterocycles. The van der Waals surface area contributed by atoms with E-state index < -0.39 is 0 Å². The van der Waals surface area contributed by atoms with E-state index in [0.29, 0.717) is 10.7 Å². The van der Waals surface area contributed by atoms with Crippen molar-refractivity contribution in [3.63, 3.8) is 0 Å². The molecule has 1 N–H and O–H groups in total. The maximum absolute atomic E-state index is 11.1. The van der Waals surface area contributed by atoms with Crippen LogP contribution >= 0.6 is 11.6 Å². The highest BCUT2D eigenvalue weighted by Gasteiger charge is 2.25. The number of aromatic nitrogens is 2. The minimum atomic E-state index is -0.389. The zero-order valence-electron chi connectivity index (χ0n) is 13.5. The van der Waals surface area contributed by atoms with Crippen molar-refractivity contribution in [3.05, 3.63) is 68.7 Å². The van der Waals surface area contributed by atoms with Gasteiger partial charge >= 0.3 is 0 Å². The molecule has 1 aromatic heterocycles. The molecule has 4 rings (SSSR count). The van der Waals surface area contributed by atoms with Gasteiger partial charge in [0.25, 0.3) is 5.69 Å². The number of halogens is 1. The van der Waals surface area contributed by atoms with Gasteiger partial charge in [0.2, 0.25) is 0 Å². The van der Waals surface area contributed by atoms with Gasteiger partial charge in [0, 0.05) is 34.8 Å². The molecule has 0 unspecified atom stereocenters. The summed E-state index contributed by atoms with van der Waals surface area (Å²) in [6, 6.07) is 12.4. The highest BCUT2D eigenvalue weighted by molar-refractivity contribution is 6.30. The molecule has 7 heteroatoms. The molecule has 0 atom stereocenters. The van der Waals surface area contributed by atoms with Crippen LogP contribution < -0.4 is 5.32 Å². The standard InChI is InChI=1S/C18H15ClN4O2/c1-11-2-7-14(23(24)25)10-16(11)22-18-15(8-9-20-18)17(21-22)12-3-5-13(19)6-4-12/h2-7,10,20H,8-9H2,1H3. The normalized spacial score (nSPS) is 12.7. The maximum Gasteiger partial charge on any atom is 0.271 e. The molecule has 0 spiro atoms. The van der Waals surface area contributed by atoms with E-state index in [1.165, 1.54) is 6.07 Å². The van der Waals surface area contributed by atoms with E-state index >= 15 is 0 Å². The molecule has 6 nitrogen and oxygen atoms in total. The molecule has 0 amide bonds. The van der Waals surface area contributed by atoms with E-state index in [2.05, 4.69) is 5.32 Å². The Morgan fingerprint density at radius 3 is 2.72 bits per heavy atom. The summed E-state index contributed by atoms with van der Waals surface area (Å²) in [6.45, 7) is 2.74. The predicted molar refractivity (Wildman–Crippen MR) is 97.6 cm³/mol. The lowest BCUT2D eigenvalue weighted by molar-refractivity contribution is -0.384. The molecule has 25 heavy (non-hydrogen) atoms. The third-order valence-corrected chi connectivity index (χ3v) is 4.65. The second-order valence-corrected chi connectivity index (χ2v) is 6.44. The summed E-state index contributed by atoms with van der Waals surface area (Å²) in [4.78, 5) is 10.7. The Hall–Kier alpha value is -2.86. The molecule has 1 aliphatic rings. The Bertz CT molecular complexity index is 979. The van der Waals surface area contributed by atoms with Crippen LogP contribution in [0.4, 0.5) is 11.5 Å². The van der Waals surface area contributed by atoms with Crippen molar-refractivity contribution in [2.45, 2.75) is 13.3 Å². The highest BCUT2D eigenvalue weighted by Crippen LogP contribution is 2.36. The average molecular weight is 355 g/mol. The number of rotatable bonds is 3. The Labute approximate surface area is 149 Å². The van der Waals surface area contributed by atoms with Gasteiger partial charge in [0.1, 0.15) is 5.82 Å². The van der Waals surface area contributed by atoms with Crippen molar-refractivity contribution in [3.8, 4) is 16.9 Å². The third-order valence-electron chi connectivity index (χ3n) is 4.40. The van der Waals surface area contributed by atoms with Crippen LogP contribution in [0.1, 0.15) is 11.1 Å². The van der Waals surface area contributed by atoms with Gasteiger partial charge in [-0.05, 0) is 31.0 Å². The molecule has 0 saturated carbocycles. The molecular formula is C18H15ClN4O2. The summed E-state index contributed by atoms with van der Waals surface area (Å²) in [7, 11) is 0. The van der Waals surface area contributed by atoms with Crippen LogP contribution in [0.3, 0.4) is 0 Å². The Morgan fingerprint density at radius 1 is 1.24 bits per heavy atom. The molecule has 1 aliphatic heterocycles. The number of fused-ring (bicyclic) bond motifs is 1. The number of nitrogens with zero attached hydrogens (tertiary/aromatic N) is 3. The first-order chi connectivity index (χ1) is 12.0. The second-order valence-electron chi connectivity index (χ2n) is 6.00. The lowest BCUT2D eigenvalue weighted by Crippen LogP contribution is -2.06. The van der Waals surface area contributed by atoms with Crippen LogP contribution in [0.15, 0.2) is 42.5 Å². The maximum atomic E-state index is 11.1. The zero-order valence-corrected chi connectivity index (χ0v) is 14.2. The van der Waals surface area contributed by atoms with E-state index in [9.17, 15) is 10.1 Å². The summed E-state index contributed by atoms with van der Waals surface area (Å²) < 4.78 is 1.77. The van der Waals surface area contributed by atoms with Crippen molar-refractivity contribution in [2.24, 2.45) is 0 Å². The van der Waals surface area contributed by atoms with E-state index in [-0.39, 0.29) is 10.6 Å². The largest absolute Gasteiger partial charge is 0.369 e. The average Bonchev–Trinajstić information content (AvgIpc) is 3.19. The van der Waals surface area contributed by atoms with E-state index in [0.717, 1.165) is 41.2 Å². The molecule has 0 bridgehead atoms. The molecule has 0 fully saturated rings. The summed E-state index contributed by atoms with van der Waals surface area (Å²) in [6.07, 6.45) is 0.862.